The quantitative estimate of drug-likeness (QED) is 0.0445. The molecule has 11 N–H and O–H groups in total. The van der Waals surface area contributed by atoms with Gasteiger partial charge in [-0.3, -0.25) is 38.4 Å². The number of aromatic hydroxyl groups is 1. The van der Waals surface area contributed by atoms with Gasteiger partial charge in [0.2, 0.25) is 47.6 Å². The lowest BCUT2D eigenvalue weighted by molar-refractivity contribution is -0.136. The molecule has 1 aliphatic heterocycles. The first-order valence-electron chi connectivity index (χ1n) is 21.9. The van der Waals surface area contributed by atoms with E-state index in [-0.39, 0.29) is 62.0 Å². The second-order valence-corrected chi connectivity index (χ2v) is 17.3. The highest BCUT2D eigenvalue weighted by atomic mass is 16.3. The van der Waals surface area contributed by atoms with E-state index in [0.717, 1.165) is 10.9 Å². The van der Waals surface area contributed by atoms with Crippen molar-refractivity contribution in [1.29, 1.82) is 0 Å². The van der Waals surface area contributed by atoms with Crippen molar-refractivity contribution in [3.05, 3.63) is 84.1 Å². The highest BCUT2D eigenvalue weighted by molar-refractivity contribution is 5.98. The third-order valence-electron chi connectivity index (χ3n) is 11.0. The van der Waals surface area contributed by atoms with Crippen LogP contribution in [-0.4, -0.2) is 122 Å². The molecule has 66 heavy (non-hydrogen) atoms. The number of fused-ring (bicyclic) bond motifs is 1. The number of aromatic amines is 2. The number of carbonyl (C=O) groups is 7. The third-order valence-corrected chi connectivity index (χ3v) is 11.0. The maximum absolute atomic E-state index is 14.3. The summed E-state index contributed by atoms with van der Waals surface area (Å²) in [6.45, 7) is 6.50. The molecule has 0 spiro atoms. The minimum Gasteiger partial charge on any atom is -0.508 e. The van der Waals surface area contributed by atoms with Crippen LogP contribution in [0.15, 0.2) is 67.3 Å². The molecule has 1 fully saturated rings. The second-order valence-electron chi connectivity index (χ2n) is 17.3. The zero-order valence-electron chi connectivity index (χ0n) is 37.3. The van der Waals surface area contributed by atoms with Crippen molar-refractivity contribution in [2.24, 2.45) is 11.8 Å². The first-order chi connectivity index (χ1) is 31.5. The number of carbonyl (C=O) groups excluding carboxylic acids is 8. The van der Waals surface area contributed by atoms with E-state index in [9.17, 15) is 48.6 Å². The number of nitrogens with zero attached hydrogens (tertiary/aromatic N) is 1. The SMILES string of the molecule is CC(C)C[C@@H]([C]=O)NC(=O)[C@@H](CC(C)C)NC(=O)[C@H](Cc1ccc(O)cc1)NC(=O)[C@H](CO)NC(=O)[C@H](Cc1c[nH]c2ccccc12)NC(=O)[C@H](Cc1c[nH]cn1)NC(=O)[C@@H]1CCC(=O)N1. The van der Waals surface area contributed by atoms with E-state index < -0.39 is 84.3 Å². The number of benzene rings is 2. The Morgan fingerprint density at radius 3 is 1.91 bits per heavy atom. The molecular weight excluding hydrogens is 853 g/mol. The zero-order valence-corrected chi connectivity index (χ0v) is 37.3. The van der Waals surface area contributed by atoms with Crippen molar-refractivity contribution < 1.29 is 48.6 Å². The van der Waals surface area contributed by atoms with E-state index in [2.05, 4.69) is 52.2 Å². The van der Waals surface area contributed by atoms with Crippen LogP contribution in [-0.2, 0) is 57.6 Å². The van der Waals surface area contributed by atoms with Crippen LogP contribution >= 0.6 is 0 Å². The smallest absolute Gasteiger partial charge is 0.245 e. The molecule has 0 unspecified atom stereocenters. The summed E-state index contributed by atoms with van der Waals surface area (Å²) >= 11 is 0. The summed E-state index contributed by atoms with van der Waals surface area (Å²) in [4.78, 5) is 117. The Hall–Kier alpha value is -7.09. The largest absolute Gasteiger partial charge is 0.508 e. The van der Waals surface area contributed by atoms with Gasteiger partial charge in [-0.2, -0.15) is 0 Å². The Kier molecular flexibility index (Phi) is 17.9. The van der Waals surface area contributed by atoms with Gasteiger partial charge in [-0.15, -0.1) is 0 Å². The number of para-hydroxylation sites is 1. The molecule has 1 radical (unpaired) electrons. The average molecular weight is 912 g/mol. The predicted molar refractivity (Wildman–Crippen MR) is 241 cm³/mol. The minimum absolute atomic E-state index is 0.0464. The topological polar surface area (TPSA) is 306 Å². The lowest BCUT2D eigenvalue weighted by Gasteiger charge is -2.27. The number of aromatic nitrogens is 3. The summed E-state index contributed by atoms with van der Waals surface area (Å²) in [6.07, 6.45) is 6.93. The summed E-state index contributed by atoms with van der Waals surface area (Å²) in [5, 5.41) is 39.6. The summed E-state index contributed by atoms with van der Waals surface area (Å²) < 4.78 is 0. The normalized spacial score (nSPS) is 16.3. The number of phenols is 1. The fourth-order valence-corrected chi connectivity index (χ4v) is 7.58. The number of imidazole rings is 1. The molecule has 3 heterocycles. The first kappa shape index (κ1) is 49.9. The van der Waals surface area contributed by atoms with Crippen LogP contribution in [0.25, 0.3) is 10.9 Å². The molecule has 2 aromatic carbocycles. The average Bonchev–Trinajstić information content (AvgIpc) is 4.06. The summed E-state index contributed by atoms with van der Waals surface area (Å²) in [5.74, 6) is -5.07. The lowest BCUT2D eigenvalue weighted by Crippen LogP contribution is -2.61. The third kappa shape index (κ3) is 14.5. The van der Waals surface area contributed by atoms with E-state index in [1.807, 2.05) is 52.2 Å². The van der Waals surface area contributed by atoms with Crippen LogP contribution in [0.5, 0.6) is 5.75 Å². The fourth-order valence-electron chi connectivity index (χ4n) is 7.58. The molecule has 0 bridgehead atoms. The monoisotopic (exact) mass is 911 g/mol. The summed E-state index contributed by atoms with van der Waals surface area (Å²) in [6, 6.07) is 4.45. The number of amides is 7. The van der Waals surface area contributed by atoms with Crippen LogP contribution in [0.4, 0.5) is 0 Å². The van der Waals surface area contributed by atoms with E-state index >= 15 is 0 Å². The molecule has 1 saturated heterocycles. The number of aliphatic hydroxyl groups excluding tert-OH is 1. The molecule has 353 valence electrons. The van der Waals surface area contributed by atoms with Crippen LogP contribution in [0.2, 0.25) is 0 Å². The van der Waals surface area contributed by atoms with Crippen LogP contribution in [0, 0.1) is 11.8 Å². The zero-order chi connectivity index (χ0) is 47.9. The minimum atomic E-state index is -1.67. The predicted octanol–water partition coefficient (Wildman–Crippen LogP) is 0.00610. The van der Waals surface area contributed by atoms with Gasteiger partial charge in [0, 0.05) is 49.0 Å². The number of rotatable bonds is 24. The van der Waals surface area contributed by atoms with Gasteiger partial charge >= 0.3 is 0 Å². The molecular formula is C46H59N10O10. The lowest BCUT2D eigenvalue weighted by atomic mass is 9.99. The second kappa shape index (κ2) is 23.7. The molecule has 0 aliphatic carbocycles. The maximum Gasteiger partial charge on any atom is 0.245 e. The molecule has 20 nitrogen and oxygen atoms in total. The Morgan fingerprint density at radius 1 is 0.727 bits per heavy atom. The van der Waals surface area contributed by atoms with Gasteiger partial charge in [0.25, 0.3) is 0 Å². The Labute approximate surface area is 381 Å². The molecule has 7 amide bonds. The molecule has 0 saturated carbocycles. The molecule has 1 aliphatic rings. The van der Waals surface area contributed by atoms with Crippen molar-refractivity contribution in [3.8, 4) is 5.75 Å². The molecule has 7 atom stereocenters. The van der Waals surface area contributed by atoms with Gasteiger partial charge in [-0.05, 0) is 60.4 Å². The van der Waals surface area contributed by atoms with Gasteiger partial charge in [0.15, 0.2) is 0 Å². The van der Waals surface area contributed by atoms with Gasteiger partial charge in [0.1, 0.15) is 42.0 Å². The van der Waals surface area contributed by atoms with E-state index in [4.69, 9.17) is 0 Å². The highest BCUT2D eigenvalue weighted by Gasteiger charge is 2.35. The summed E-state index contributed by atoms with van der Waals surface area (Å²) in [7, 11) is 0. The van der Waals surface area contributed by atoms with E-state index in [1.54, 1.807) is 12.3 Å². The van der Waals surface area contributed by atoms with Crippen molar-refractivity contribution in [1.82, 2.24) is 52.2 Å². The van der Waals surface area contributed by atoms with Crippen LogP contribution < -0.4 is 37.2 Å². The van der Waals surface area contributed by atoms with Crippen molar-refractivity contribution in [3.63, 3.8) is 0 Å². The fraction of sp³-hybridized carbons (Fsp3) is 0.457. The van der Waals surface area contributed by atoms with Crippen LogP contribution in [0.1, 0.15) is 70.2 Å². The van der Waals surface area contributed by atoms with Gasteiger partial charge in [-0.25, -0.2) is 4.98 Å². The number of phenolic OH excluding ortho intramolecular Hbond substituents is 1. The van der Waals surface area contributed by atoms with Crippen molar-refractivity contribution >= 4 is 58.5 Å². The van der Waals surface area contributed by atoms with Gasteiger partial charge in [0.05, 0.1) is 24.7 Å². The van der Waals surface area contributed by atoms with Gasteiger partial charge in [-0.1, -0.05) is 58.0 Å². The molecule has 4 aromatic rings. The molecule has 2 aromatic heterocycles. The van der Waals surface area contributed by atoms with Crippen molar-refractivity contribution in [2.75, 3.05) is 6.61 Å². The van der Waals surface area contributed by atoms with E-state index in [0.29, 0.717) is 23.2 Å². The number of aliphatic hydroxyl groups is 1. The Bertz CT molecular complexity index is 2310. The first-order valence-corrected chi connectivity index (χ1v) is 21.9. The molecule has 5 rings (SSSR count). The Balaban J connectivity index is 1.38. The van der Waals surface area contributed by atoms with Gasteiger partial charge < -0.3 is 57.4 Å². The number of H-pyrrole nitrogens is 2. The van der Waals surface area contributed by atoms with Crippen LogP contribution in [0.3, 0.4) is 0 Å². The summed E-state index contributed by atoms with van der Waals surface area (Å²) in [5.41, 5.74) is 2.28. The number of hydrogen-bond donors (Lipinski definition) is 11. The standard InChI is InChI=1S/C46H59N10O10/c1-25(2)15-30(22-57)50-42(62)35(16-26(3)4)52-43(63)36(17-27-9-11-31(59)12-10-27)53-46(66)39(23-58)56-44(64)37(18-28-20-48-33-8-6-5-7-32(28)33)54-45(65)38(19-29-21-47-24-49-29)55-41(61)34-13-14-40(60)51-34/h5-12,20-21,24-26,30,34-39,48,58-59H,13-19,23H2,1-4H3,(H,47,49)(H,50,62)(H,51,60)(H,52,63)(H,53,66)(H,54,65)(H,55,61)(H,56,64)/t30-,34-,35+,36-,37-,38-,39-/m0/s1. The van der Waals surface area contributed by atoms with Crippen molar-refractivity contribution in [2.45, 2.75) is 115 Å². The number of hydrogen-bond acceptors (Lipinski definition) is 11. The Morgan fingerprint density at radius 2 is 1.32 bits per heavy atom. The number of nitrogens with one attached hydrogen (secondary N) is 9. The highest BCUT2D eigenvalue weighted by Crippen LogP contribution is 2.20. The van der Waals surface area contributed by atoms with E-state index in [1.165, 1.54) is 36.8 Å². The molecule has 20 heteroatoms. The maximum atomic E-state index is 14.3.